The quantitative estimate of drug-likeness (QED) is 0.893. The predicted molar refractivity (Wildman–Crippen MR) is 80.0 cm³/mol. The van der Waals surface area contributed by atoms with Crippen molar-refractivity contribution in [3.05, 3.63) is 34.3 Å². The Kier molecular flexibility index (Phi) is 4.66. The molecule has 0 aromatic heterocycles. The van der Waals surface area contributed by atoms with Gasteiger partial charge in [0.25, 0.3) is 0 Å². The molecule has 4 heteroatoms. The second-order valence-electron chi connectivity index (χ2n) is 5.72. The van der Waals surface area contributed by atoms with Gasteiger partial charge in [-0.15, -0.1) is 0 Å². The second kappa shape index (κ2) is 5.92. The maximum Gasteiger partial charge on any atom is 0.0750 e. The lowest BCUT2D eigenvalue weighted by Gasteiger charge is -2.47. The van der Waals surface area contributed by atoms with E-state index in [9.17, 15) is 5.11 Å². The van der Waals surface area contributed by atoms with Crippen molar-refractivity contribution in [1.82, 2.24) is 0 Å². The number of hydrogen-bond donors (Lipinski definition) is 2. The maximum absolute atomic E-state index is 10.9. The Morgan fingerprint density at radius 3 is 2.63 bits per heavy atom. The van der Waals surface area contributed by atoms with Crippen LogP contribution in [-0.2, 0) is 11.2 Å². The highest BCUT2D eigenvalue weighted by molar-refractivity contribution is 9.10. The normalized spacial score (nSPS) is 26.9. The molecule has 19 heavy (non-hydrogen) atoms. The van der Waals surface area contributed by atoms with Crippen molar-refractivity contribution in [1.29, 1.82) is 0 Å². The molecule has 1 aromatic rings. The minimum atomic E-state index is -0.851. The Hall–Kier alpha value is -0.420. The molecule has 2 unspecified atom stereocenters. The summed E-state index contributed by atoms with van der Waals surface area (Å²) >= 11 is 3.42. The highest BCUT2D eigenvalue weighted by Gasteiger charge is 2.47. The van der Waals surface area contributed by atoms with Gasteiger partial charge in [-0.3, -0.25) is 0 Å². The summed E-state index contributed by atoms with van der Waals surface area (Å²) in [5.41, 5.74) is 5.89. The molecule has 3 N–H and O–H groups in total. The Balaban J connectivity index is 2.17. The Morgan fingerprint density at radius 1 is 1.42 bits per heavy atom. The molecular weight excluding hydrogens is 306 g/mol. The van der Waals surface area contributed by atoms with Gasteiger partial charge in [0, 0.05) is 29.5 Å². The number of hydrogen-bond acceptors (Lipinski definition) is 3. The van der Waals surface area contributed by atoms with Crippen LogP contribution >= 0.6 is 15.9 Å². The van der Waals surface area contributed by atoms with Crippen LogP contribution in [-0.4, -0.2) is 30.5 Å². The molecule has 1 aliphatic rings. The zero-order valence-corrected chi connectivity index (χ0v) is 12.9. The number of rotatable bonds is 4. The van der Waals surface area contributed by atoms with Gasteiger partial charge in [-0.05, 0) is 37.5 Å². The SMILES string of the molecule is CC(O)(Cc1ccc(Br)cc1)C1(CN)CCCOC1. The predicted octanol–water partition coefficient (Wildman–Crippen LogP) is 2.50. The second-order valence-corrected chi connectivity index (χ2v) is 6.63. The third-order valence-corrected chi connectivity index (χ3v) is 4.85. The molecule has 2 rings (SSSR count). The zero-order valence-electron chi connectivity index (χ0n) is 11.4. The van der Waals surface area contributed by atoms with Gasteiger partial charge in [-0.25, -0.2) is 0 Å². The first kappa shape index (κ1) is 15.0. The molecule has 2 atom stereocenters. The van der Waals surface area contributed by atoms with E-state index < -0.39 is 5.60 Å². The van der Waals surface area contributed by atoms with Crippen LogP contribution in [0, 0.1) is 5.41 Å². The van der Waals surface area contributed by atoms with Crippen molar-refractivity contribution >= 4 is 15.9 Å². The van der Waals surface area contributed by atoms with E-state index in [0.29, 0.717) is 19.6 Å². The first-order valence-electron chi connectivity index (χ1n) is 6.74. The number of nitrogens with two attached hydrogens (primary N) is 1. The number of aliphatic hydroxyl groups is 1. The molecule has 0 bridgehead atoms. The lowest BCUT2D eigenvalue weighted by molar-refractivity contribution is -0.133. The lowest BCUT2D eigenvalue weighted by Crippen LogP contribution is -2.56. The summed E-state index contributed by atoms with van der Waals surface area (Å²) < 4.78 is 6.62. The fraction of sp³-hybridized carbons (Fsp3) is 0.600. The van der Waals surface area contributed by atoms with Gasteiger partial charge in [-0.1, -0.05) is 28.1 Å². The van der Waals surface area contributed by atoms with Gasteiger partial charge in [0.1, 0.15) is 0 Å². The minimum Gasteiger partial charge on any atom is -0.389 e. The molecule has 1 saturated heterocycles. The summed E-state index contributed by atoms with van der Waals surface area (Å²) in [6.07, 6.45) is 2.49. The van der Waals surface area contributed by atoms with E-state index in [1.807, 2.05) is 31.2 Å². The maximum atomic E-state index is 10.9. The van der Waals surface area contributed by atoms with Crippen molar-refractivity contribution < 1.29 is 9.84 Å². The van der Waals surface area contributed by atoms with Crippen LogP contribution in [0.5, 0.6) is 0 Å². The van der Waals surface area contributed by atoms with E-state index in [1.54, 1.807) is 0 Å². The molecule has 1 fully saturated rings. The molecule has 1 aromatic carbocycles. The summed E-state index contributed by atoms with van der Waals surface area (Å²) in [4.78, 5) is 0. The third kappa shape index (κ3) is 3.19. The topological polar surface area (TPSA) is 55.5 Å². The molecule has 0 spiro atoms. The molecule has 106 valence electrons. The average molecular weight is 328 g/mol. The smallest absolute Gasteiger partial charge is 0.0750 e. The van der Waals surface area contributed by atoms with Gasteiger partial charge >= 0.3 is 0 Å². The van der Waals surface area contributed by atoms with Gasteiger partial charge in [0.05, 0.1) is 12.2 Å². The van der Waals surface area contributed by atoms with Crippen LogP contribution in [0.25, 0.3) is 0 Å². The summed E-state index contributed by atoms with van der Waals surface area (Å²) in [6.45, 7) is 3.66. The van der Waals surface area contributed by atoms with Crippen LogP contribution < -0.4 is 5.73 Å². The van der Waals surface area contributed by atoms with E-state index in [-0.39, 0.29) is 5.41 Å². The fourth-order valence-electron chi connectivity index (χ4n) is 2.85. The van der Waals surface area contributed by atoms with Crippen molar-refractivity contribution in [2.45, 2.75) is 31.8 Å². The molecule has 1 aliphatic heterocycles. The molecule has 0 aliphatic carbocycles. The molecular formula is C15H22BrNO2. The van der Waals surface area contributed by atoms with Crippen LogP contribution in [0.15, 0.2) is 28.7 Å². The molecule has 0 radical (unpaired) electrons. The van der Waals surface area contributed by atoms with E-state index in [4.69, 9.17) is 10.5 Å². The van der Waals surface area contributed by atoms with Gasteiger partial charge in [0.15, 0.2) is 0 Å². The highest BCUT2D eigenvalue weighted by Crippen LogP contribution is 2.40. The summed E-state index contributed by atoms with van der Waals surface area (Å²) in [5, 5.41) is 10.9. The highest BCUT2D eigenvalue weighted by atomic mass is 79.9. The number of ether oxygens (including phenoxy) is 1. The van der Waals surface area contributed by atoms with Crippen LogP contribution in [0.4, 0.5) is 0 Å². The van der Waals surface area contributed by atoms with Gasteiger partial charge in [-0.2, -0.15) is 0 Å². The minimum absolute atomic E-state index is 0.335. The lowest BCUT2D eigenvalue weighted by atomic mass is 9.67. The number of benzene rings is 1. The summed E-state index contributed by atoms with van der Waals surface area (Å²) in [7, 11) is 0. The van der Waals surface area contributed by atoms with Crippen molar-refractivity contribution in [3.63, 3.8) is 0 Å². The van der Waals surface area contributed by atoms with Crippen LogP contribution in [0.3, 0.4) is 0 Å². The standard InChI is InChI=1S/C15H22BrNO2/c1-14(18,9-12-3-5-13(16)6-4-12)15(10-17)7-2-8-19-11-15/h3-6,18H,2,7-11,17H2,1H3. The monoisotopic (exact) mass is 327 g/mol. The Labute approximate surface area is 123 Å². The number of halogens is 1. The van der Waals surface area contributed by atoms with Crippen molar-refractivity contribution in [2.75, 3.05) is 19.8 Å². The molecule has 0 saturated carbocycles. The van der Waals surface area contributed by atoms with E-state index in [1.165, 1.54) is 0 Å². The van der Waals surface area contributed by atoms with Crippen molar-refractivity contribution in [3.8, 4) is 0 Å². The van der Waals surface area contributed by atoms with Gasteiger partial charge < -0.3 is 15.6 Å². The van der Waals surface area contributed by atoms with E-state index in [0.717, 1.165) is 29.5 Å². The summed E-state index contributed by atoms with van der Waals surface area (Å²) in [6, 6.07) is 8.06. The Morgan fingerprint density at radius 2 is 2.11 bits per heavy atom. The molecule has 1 heterocycles. The fourth-order valence-corrected chi connectivity index (χ4v) is 3.11. The van der Waals surface area contributed by atoms with E-state index in [2.05, 4.69) is 15.9 Å². The van der Waals surface area contributed by atoms with Crippen LogP contribution in [0.2, 0.25) is 0 Å². The van der Waals surface area contributed by atoms with Gasteiger partial charge in [0.2, 0.25) is 0 Å². The van der Waals surface area contributed by atoms with Crippen molar-refractivity contribution in [2.24, 2.45) is 11.1 Å². The largest absolute Gasteiger partial charge is 0.389 e. The average Bonchev–Trinajstić information content (AvgIpc) is 2.42. The zero-order chi connectivity index (χ0) is 13.9. The molecule has 3 nitrogen and oxygen atoms in total. The summed E-state index contributed by atoms with van der Waals surface area (Å²) in [5.74, 6) is 0. The first-order chi connectivity index (χ1) is 8.99. The third-order valence-electron chi connectivity index (χ3n) is 4.32. The van der Waals surface area contributed by atoms with E-state index >= 15 is 0 Å². The molecule has 0 amide bonds. The van der Waals surface area contributed by atoms with Crippen LogP contribution in [0.1, 0.15) is 25.3 Å². The Bertz CT molecular complexity index is 411. The first-order valence-corrected chi connectivity index (χ1v) is 7.53.